The molecule has 0 amide bonds. The standard InChI is InChI=1S/C27H29N5OS/c1-17(2)33-25-13-12-18(15-23(25)28)26-31-32-27(34-26)22-10-5-9-21-20(22)8-6-11-24(21)30-16-19-7-3-4-14-29-19/h3-5,7,9-10,12-15,17,24,30H,6,8,11,16,28H2,1-2H3. The van der Waals surface area contributed by atoms with E-state index in [1.165, 1.54) is 16.7 Å². The Hall–Kier alpha value is -3.29. The molecule has 3 N–H and O–H groups in total. The molecule has 4 aromatic rings. The van der Waals surface area contributed by atoms with Gasteiger partial charge >= 0.3 is 0 Å². The number of hydrogen-bond acceptors (Lipinski definition) is 7. The Morgan fingerprint density at radius 1 is 1.09 bits per heavy atom. The van der Waals surface area contributed by atoms with E-state index in [1.807, 2.05) is 50.4 Å². The Kier molecular flexibility index (Phi) is 6.56. The first-order valence-electron chi connectivity index (χ1n) is 11.7. The van der Waals surface area contributed by atoms with Gasteiger partial charge < -0.3 is 15.8 Å². The summed E-state index contributed by atoms with van der Waals surface area (Å²) in [5.41, 5.74) is 12.8. The van der Waals surface area contributed by atoms with Crippen LogP contribution in [-0.4, -0.2) is 21.3 Å². The molecule has 6 nitrogen and oxygen atoms in total. The molecule has 174 valence electrons. The highest BCUT2D eigenvalue weighted by Gasteiger charge is 2.24. The van der Waals surface area contributed by atoms with Gasteiger partial charge in [0, 0.05) is 29.9 Å². The molecule has 7 heteroatoms. The SMILES string of the molecule is CC(C)Oc1ccc(-c2nnc(-c3cccc4c3CCCC4NCc3ccccn3)s2)cc1N. The van der Waals surface area contributed by atoms with E-state index in [-0.39, 0.29) is 6.10 Å². The van der Waals surface area contributed by atoms with Crippen molar-refractivity contribution in [2.75, 3.05) is 5.73 Å². The van der Waals surface area contributed by atoms with Gasteiger partial charge in [-0.3, -0.25) is 4.98 Å². The van der Waals surface area contributed by atoms with Crippen molar-refractivity contribution < 1.29 is 4.74 Å². The van der Waals surface area contributed by atoms with E-state index in [0.29, 0.717) is 17.5 Å². The lowest BCUT2D eigenvalue weighted by Gasteiger charge is -2.28. The van der Waals surface area contributed by atoms with E-state index in [1.54, 1.807) is 11.3 Å². The van der Waals surface area contributed by atoms with E-state index in [9.17, 15) is 0 Å². The number of nitrogen functional groups attached to an aromatic ring is 1. The number of nitrogens with one attached hydrogen (secondary N) is 1. The maximum atomic E-state index is 6.22. The minimum atomic E-state index is 0.0767. The number of aromatic nitrogens is 3. The van der Waals surface area contributed by atoms with Crippen molar-refractivity contribution in [1.29, 1.82) is 0 Å². The summed E-state index contributed by atoms with van der Waals surface area (Å²) in [4.78, 5) is 4.45. The summed E-state index contributed by atoms with van der Waals surface area (Å²) in [6, 6.07) is 18.7. The number of nitrogens with zero attached hydrogens (tertiary/aromatic N) is 3. The summed E-state index contributed by atoms with van der Waals surface area (Å²) in [5.74, 6) is 0.699. The van der Waals surface area contributed by atoms with Gasteiger partial charge in [0.1, 0.15) is 15.8 Å². The maximum Gasteiger partial charge on any atom is 0.148 e. The van der Waals surface area contributed by atoms with Crippen LogP contribution in [0.5, 0.6) is 5.75 Å². The lowest BCUT2D eigenvalue weighted by atomic mass is 9.85. The second-order valence-electron chi connectivity index (χ2n) is 8.85. The Balaban J connectivity index is 1.39. The van der Waals surface area contributed by atoms with Gasteiger partial charge in [0.25, 0.3) is 0 Å². The molecule has 0 radical (unpaired) electrons. The lowest BCUT2D eigenvalue weighted by Crippen LogP contribution is -2.25. The molecule has 1 atom stereocenters. The van der Waals surface area contributed by atoms with Crippen molar-refractivity contribution >= 4 is 17.0 Å². The van der Waals surface area contributed by atoms with Crippen molar-refractivity contribution in [2.24, 2.45) is 0 Å². The lowest BCUT2D eigenvalue weighted by molar-refractivity contribution is 0.244. The number of rotatable bonds is 7. The van der Waals surface area contributed by atoms with E-state index in [4.69, 9.17) is 10.5 Å². The average molecular weight is 472 g/mol. The molecule has 0 aliphatic heterocycles. The van der Waals surface area contributed by atoms with Gasteiger partial charge in [-0.15, -0.1) is 10.2 Å². The highest BCUT2D eigenvalue weighted by Crippen LogP contribution is 2.39. The Labute approximate surface area is 204 Å². The number of anilines is 1. The van der Waals surface area contributed by atoms with Crippen molar-refractivity contribution in [3.05, 3.63) is 77.6 Å². The zero-order chi connectivity index (χ0) is 23.5. The fourth-order valence-electron chi connectivity index (χ4n) is 4.48. The molecule has 1 aliphatic rings. The fraction of sp³-hybridized carbons (Fsp3) is 0.296. The third kappa shape index (κ3) is 4.81. The second-order valence-corrected chi connectivity index (χ2v) is 9.83. The van der Waals surface area contributed by atoms with E-state index < -0.39 is 0 Å². The van der Waals surface area contributed by atoms with E-state index in [2.05, 4.69) is 44.8 Å². The zero-order valence-electron chi connectivity index (χ0n) is 19.5. The van der Waals surface area contributed by atoms with E-state index in [0.717, 1.165) is 47.1 Å². The molecule has 2 aromatic carbocycles. The van der Waals surface area contributed by atoms with Gasteiger partial charge in [-0.2, -0.15) is 0 Å². The number of fused-ring (bicyclic) bond motifs is 1. The molecular weight excluding hydrogens is 442 g/mol. The van der Waals surface area contributed by atoms with Crippen molar-refractivity contribution in [3.8, 4) is 26.9 Å². The van der Waals surface area contributed by atoms with Crippen molar-refractivity contribution in [2.45, 2.75) is 51.8 Å². The van der Waals surface area contributed by atoms with Crippen LogP contribution in [-0.2, 0) is 13.0 Å². The molecule has 0 saturated carbocycles. The largest absolute Gasteiger partial charge is 0.489 e. The average Bonchev–Trinajstić information content (AvgIpc) is 3.34. The van der Waals surface area contributed by atoms with Crippen LogP contribution < -0.4 is 15.8 Å². The van der Waals surface area contributed by atoms with Gasteiger partial charge in [0.15, 0.2) is 0 Å². The smallest absolute Gasteiger partial charge is 0.148 e. The van der Waals surface area contributed by atoms with Crippen molar-refractivity contribution in [1.82, 2.24) is 20.5 Å². The maximum absolute atomic E-state index is 6.22. The second kappa shape index (κ2) is 9.91. The zero-order valence-corrected chi connectivity index (χ0v) is 20.3. The van der Waals surface area contributed by atoms with Gasteiger partial charge in [0.2, 0.25) is 0 Å². The predicted octanol–water partition coefficient (Wildman–Crippen LogP) is 5.80. The minimum absolute atomic E-state index is 0.0767. The first-order valence-corrected chi connectivity index (χ1v) is 12.6. The summed E-state index contributed by atoms with van der Waals surface area (Å²) in [6.45, 7) is 4.74. The summed E-state index contributed by atoms with van der Waals surface area (Å²) >= 11 is 1.60. The highest BCUT2D eigenvalue weighted by atomic mass is 32.1. The normalized spacial score (nSPS) is 15.3. The Bertz CT molecular complexity index is 1270. The molecule has 1 aliphatic carbocycles. The van der Waals surface area contributed by atoms with Crippen LogP contribution in [0.15, 0.2) is 60.8 Å². The van der Waals surface area contributed by atoms with Crippen LogP contribution in [0.25, 0.3) is 21.1 Å². The molecule has 2 heterocycles. The number of hydrogen-bond donors (Lipinski definition) is 2. The van der Waals surface area contributed by atoms with Crippen LogP contribution in [0.2, 0.25) is 0 Å². The predicted molar refractivity (Wildman–Crippen MR) is 138 cm³/mol. The quantitative estimate of drug-likeness (QED) is 0.331. The fourth-order valence-corrected chi connectivity index (χ4v) is 5.38. The molecule has 5 rings (SSSR count). The molecular formula is C27H29N5OS. The molecule has 0 fully saturated rings. The summed E-state index contributed by atoms with van der Waals surface area (Å²) in [6.07, 6.45) is 5.23. The summed E-state index contributed by atoms with van der Waals surface area (Å²) in [7, 11) is 0. The molecule has 0 spiro atoms. The van der Waals surface area contributed by atoms with Crippen molar-refractivity contribution in [3.63, 3.8) is 0 Å². The van der Waals surface area contributed by atoms with Gasteiger partial charge in [-0.1, -0.05) is 35.6 Å². The monoisotopic (exact) mass is 471 g/mol. The van der Waals surface area contributed by atoms with Crippen LogP contribution in [0.4, 0.5) is 5.69 Å². The Morgan fingerprint density at radius 3 is 2.76 bits per heavy atom. The first kappa shape index (κ1) is 22.5. The third-order valence-corrected chi connectivity index (χ3v) is 7.04. The molecule has 0 saturated heterocycles. The number of nitrogens with two attached hydrogens (primary N) is 1. The van der Waals surface area contributed by atoms with Crippen LogP contribution in [0.1, 0.15) is 49.6 Å². The topological polar surface area (TPSA) is 86.0 Å². The number of pyridine rings is 1. The highest BCUT2D eigenvalue weighted by molar-refractivity contribution is 7.17. The summed E-state index contributed by atoms with van der Waals surface area (Å²) < 4.78 is 5.76. The van der Waals surface area contributed by atoms with Gasteiger partial charge in [-0.05, 0) is 74.6 Å². The van der Waals surface area contributed by atoms with Crippen LogP contribution >= 0.6 is 11.3 Å². The van der Waals surface area contributed by atoms with Gasteiger partial charge in [-0.25, -0.2) is 0 Å². The summed E-state index contributed by atoms with van der Waals surface area (Å²) in [5, 5.41) is 14.6. The van der Waals surface area contributed by atoms with E-state index >= 15 is 0 Å². The minimum Gasteiger partial charge on any atom is -0.489 e. The van der Waals surface area contributed by atoms with Crippen LogP contribution in [0, 0.1) is 0 Å². The van der Waals surface area contributed by atoms with Crippen LogP contribution in [0.3, 0.4) is 0 Å². The molecule has 0 bridgehead atoms. The first-order chi connectivity index (χ1) is 16.6. The third-order valence-electron chi connectivity index (χ3n) is 6.04. The molecule has 34 heavy (non-hydrogen) atoms. The Morgan fingerprint density at radius 2 is 1.97 bits per heavy atom. The molecule has 1 unspecified atom stereocenters. The number of ether oxygens (including phenoxy) is 1. The molecule has 2 aromatic heterocycles. The number of benzene rings is 2. The van der Waals surface area contributed by atoms with Gasteiger partial charge in [0.05, 0.1) is 17.5 Å².